The number of nitrogens with two attached hydrogens (primary N) is 1. The average Bonchev–Trinajstić information content (AvgIpc) is 2.82. The molecule has 0 saturated heterocycles. The molecule has 4 N–H and O–H groups in total. The van der Waals surface area contributed by atoms with Crippen LogP contribution >= 0.6 is 0 Å². The highest BCUT2D eigenvalue weighted by Crippen LogP contribution is 2.06. The van der Waals surface area contributed by atoms with Gasteiger partial charge in [0.1, 0.15) is 17.2 Å². The largest absolute Gasteiger partial charge is 0.465 e. The highest BCUT2D eigenvalue weighted by atomic mass is 16.3. The SMILES string of the molecule is Cc1ccc(CNC(=O)c2cncc(NN)n2)o1. The van der Waals surface area contributed by atoms with E-state index >= 15 is 0 Å². The normalized spacial score (nSPS) is 10.1. The van der Waals surface area contributed by atoms with Crippen LogP contribution in [0.2, 0.25) is 0 Å². The first-order valence-corrected chi connectivity index (χ1v) is 5.31. The van der Waals surface area contributed by atoms with Gasteiger partial charge in [-0.3, -0.25) is 9.78 Å². The minimum absolute atomic E-state index is 0.189. The number of furan rings is 1. The van der Waals surface area contributed by atoms with Crippen molar-refractivity contribution in [1.82, 2.24) is 15.3 Å². The fourth-order valence-corrected chi connectivity index (χ4v) is 1.38. The topological polar surface area (TPSA) is 106 Å². The van der Waals surface area contributed by atoms with Crippen LogP contribution in [-0.2, 0) is 6.54 Å². The number of nitrogen functional groups attached to an aromatic ring is 1. The molecule has 1 amide bonds. The molecule has 2 heterocycles. The molecule has 2 aromatic rings. The van der Waals surface area contributed by atoms with Crippen molar-refractivity contribution in [3.05, 3.63) is 41.7 Å². The number of nitrogens with one attached hydrogen (secondary N) is 2. The van der Waals surface area contributed by atoms with Gasteiger partial charge < -0.3 is 15.2 Å². The summed E-state index contributed by atoms with van der Waals surface area (Å²) in [5, 5.41) is 2.68. The molecule has 0 aliphatic rings. The third kappa shape index (κ3) is 2.83. The van der Waals surface area contributed by atoms with Crippen LogP contribution in [0.15, 0.2) is 28.9 Å². The fourth-order valence-electron chi connectivity index (χ4n) is 1.38. The van der Waals surface area contributed by atoms with Crippen molar-refractivity contribution in [2.75, 3.05) is 5.43 Å². The second kappa shape index (κ2) is 5.28. The molecule has 0 aliphatic carbocycles. The van der Waals surface area contributed by atoms with Gasteiger partial charge in [0.05, 0.1) is 18.9 Å². The molecule has 7 heteroatoms. The molecule has 0 spiro atoms. The van der Waals surface area contributed by atoms with Gasteiger partial charge in [-0.1, -0.05) is 0 Å². The molecule has 0 aliphatic heterocycles. The van der Waals surface area contributed by atoms with Crippen LogP contribution in [0.3, 0.4) is 0 Å². The third-order valence-corrected chi connectivity index (χ3v) is 2.23. The van der Waals surface area contributed by atoms with Gasteiger partial charge in [0.15, 0.2) is 5.82 Å². The zero-order valence-corrected chi connectivity index (χ0v) is 9.80. The van der Waals surface area contributed by atoms with E-state index in [0.29, 0.717) is 18.1 Å². The lowest BCUT2D eigenvalue weighted by molar-refractivity contribution is 0.0942. The summed E-state index contributed by atoms with van der Waals surface area (Å²) in [6.45, 7) is 2.14. The zero-order chi connectivity index (χ0) is 13.0. The molecule has 2 aromatic heterocycles. The van der Waals surface area contributed by atoms with E-state index < -0.39 is 0 Å². The van der Waals surface area contributed by atoms with Gasteiger partial charge in [-0.2, -0.15) is 0 Å². The van der Waals surface area contributed by atoms with E-state index in [4.69, 9.17) is 10.3 Å². The molecule has 2 rings (SSSR count). The van der Waals surface area contributed by atoms with E-state index in [-0.39, 0.29) is 11.6 Å². The van der Waals surface area contributed by atoms with E-state index in [9.17, 15) is 4.79 Å². The number of hydrogen-bond donors (Lipinski definition) is 3. The van der Waals surface area contributed by atoms with Crippen molar-refractivity contribution in [2.24, 2.45) is 5.84 Å². The molecule has 94 valence electrons. The van der Waals surface area contributed by atoms with Crippen LogP contribution in [0, 0.1) is 6.92 Å². The van der Waals surface area contributed by atoms with Gasteiger partial charge in [-0.15, -0.1) is 0 Å². The number of carbonyl (C=O) groups excluding carboxylic acids is 1. The van der Waals surface area contributed by atoms with E-state index in [0.717, 1.165) is 5.76 Å². The predicted molar refractivity (Wildman–Crippen MR) is 64.5 cm³/mol. The van der Waals surface area contributed by atoms with Gasteiger partial charge in [-0.25, -0.2) is 10.8 Å². The molecule has 0 unspecified atom stereocenters. The average molecular weight is 247 g/mol. The summed E-state index contributed by atoms with van der Waals surface area (Å²) in [6.07, 6.45) is 2.79. The highest BCUT2D eigenvalue weighted by Gasteiger charge is 2.09. The van der Waals surface area contributed by atoms with Crippen LogP contribution in [0.5, 0.6) is 0 Å². The van der Waals surface area contributed by atoms with Crippen molar-refractivity contribution in [2.45, 2.75) is 13.5 Å². The predicted octanol–water partition coefficient (Wildman–Crippen LogP) is 0.594. The van der Waals surface area contributed by atoms with Gasteiger partial charge in [0.2, 0.25) is 0 Å². The lowest BCUT2D eigenvalue weighted by Crippen LogP contribution is -2.24. The first-order chi connectivity index (χ1) is 8.69. The van der Waals surface area contributed by atoms with Crippen molar-refractivity contribution in [3.63, 3.8) is 0 Å². The Bertz CT molecular complexity index is 552. The van der Waals surface area contributed by atoms with Crippen LogP contribution in [0.25, 0.3) is 0 Å². The third-order valence-electron chi connectivity index (χ3n) is 2.23. The Hall–Kier alpha value is -2.41. The Balaban J connectivity index is 1.99. The highest BCUT2D eigenvalue weighted by molar-refractivity contribution is 5.92. The van der Waals surface area contributed by atoms with Crippen LogP contribution < -0.4 is 16.6 Å². The Morgan fingerprint density at radius 1 is 1.44 bits per heavy atom. The molecule has 0 aromatic carbocycles. The zero-order valence-electron chi connectivity index (χ0n) is 9.80. The smallest absolute Gasteiger partial charge is 0.271 e. The van der Waals surface area contributed by atoms with E-state index in [1.54, 1.807) is 6.07 Å². The lowest BCUT2D eigenvalue weighted by Gasteiger charge is -2.04. The van der Waals surface area contributed by atoms with Gasteiger partial charge >= 0.3 is 0 Å². The lowest BCUT2D eigenvalue weighted by atomic mass is 10.4. The number of hydrogen-bond acceptors (Lipinski definition) is 6. The second-order valence-electron chi connectivity index (χ2n) is 3.63. The monoisotopic (exact) mass is 247 g/mol. The Kier molecular flexibility index (Phi) is 3.54. The summed E-state index contributed by atoms with van der Waals surface area (Å²) < 4.78 is 5.33. The maximum Gasteiger partial charge on any atom is 0.271 e. The standard InChI is InChI=1S/C11H13N5O2/c1-7-2-3-8(18-7)4-14-11(17)9-5-13-6-10(15-9)16-12/h2-3,5-6H,4,12H2,1H3,(H,14,17)(H,15,16). The van der Waals surface area contributed by atoms with Crippen molar-refractivity contribution < 1.29 is 9.21 Å². The van der Waals surface area contributed by atoms with E-state index in [2.05, 4.69) is 20.7 Å². The summed E-state index contributed by atoms with van der Waals surface area (Å²) in [5.41, 5.74) is 2.52. The minimum Gasteiger partial charge on any atom is -0.465 e. The first kappa shape index (κ1) is 12.1. The van der Waals surface area contributed by atoms with E-state index in [1.165, 1.54) is 12.4 Å². The molecule has 18 heavy (non-hydrogen) atoms. The fraction of sp³-hybridized carbons (Fsp3) is 0.182. The van der Waals surface area contributed by atoms with Crippen molar-refractivity contribution in [1.29, 1.82) is 0 Å². The number of anilines is 1. The first-order valence-electron chi connectivity index (χ1n) is 5.31. The molecule has 0 bridgehead atoms. The van der Waals surface area contributed by atoms with Crippen LogP contribution in [0.4, 0.5) is 5.82 Å². The van der Waals surface area contributed by atoms with E-state index in [1.807, 2.05) is 13.0 Å². The summed E-state index contributed by atoms with van der Waals surface area (Å²) in [7, 11) is 0. The number of nitrogens with zero attached hydrogens (tertiary/aromatic N) is 2. The van der Waals surface area contributed by atoms with Crippen molar-refractivity contribution in [3.8, 4) is 0 Å². The number of hydrazine groups is 1. The van der Waals surface area contributed by atoms with Crippen LogP contribution in [-0.4, -0.2) is 15.9 Å². The Labute approximate surface area is 103 Å². The summed E-state index contributed by atoms with van der Waals surface area (Å²) in [4.78, 5) is 19.6. The van der Waals surface area contributed by atoms with Gasteiger partial charge in [-0.05, 0) is 19.1 Å². The summed E-state index contributed by atoms with van der Waals surface area (Å²) in [6, 6.07) is 3.64. The molecule has 0 saturated carbocycles. The number of rotatable bonds is 4. The second-order valence-corrected chi connectivity index (χ2v) is 3.63. The maximum absolute atomic E-state index is 11.8. The molecule has 0 fully saturated rings. The number of amides is 1. The van der Waals surface area contributed by atoms with Gasteiger partial charge in [0.25, 0.3) is 5.91 Å². The number of carbonyl (C=O) groups is 1. The Morgan fingerprint density at radius 2 is 2.28 bits per heavy atom. The van der Waals surface area contributed by atoms with Crippen molar-refractivity contribution >= 4 is 11.7 Å². The molecule has 0 atom stereocenters. The maximum atomic E-state index is 11.8. The molecular formula is C11H13N5O2. The molecule has 7 nitrogen and oxygen atoms in total. The molecular weight excluding hydrogens is 234 g/mol. The van der Waals surface area contributed by atoms with Gasteiger partial charge in [0, 0.05) is 0 Å². The molecule has 0 radical (unpaired) electrons. The van der Waals surface area contributed by atoms with Crippen LogP contribution in [0.1, 0.15) is 22.0 Å². The number of aryl methyl sites for hydroxylation is 1. The number of aromatic nitrogens is 2. The Morgan fingerprint density at radius 3 is 2.94 bits per heavy atom. The summed E-state index contributed by atoms with van der Waals surface area (Å²) in [5.74, 6) is 6.66. The summed E-state index contributed by atoms with van der Waals surface area (Å²) >= 11 is 0. The quantitative estimate of drug-likeness (QED) is 0.539. The minimum atomic E-state index is -0.339.